The molecular weight excluding hydrogens is 293 g/mol. The van der Waals surface area contributed by atoms with Crippen molar-refractivity contribution in [3.05, 3.63) is 52.5 Å². The zero-order valence-corrected chi connectivity index (χ0v) is 12.2. The van der Waals surface area contributed by atoms with Crippen molar-refractivity contribution in [2.75, 3.05) is 6.54 Å². The average Bonchev–Trinajstić information content (AvgIpc) is 2.82. The van der Waals surface area contributed by atoms with Gasteiger partial charge in [-0.25, -0.2) is 4.98 Å². The van der Waals surface area contributed by atoms with Crippen molar-refractivity contribution < 1.29 is 0 Å². The van der Waals surface area contributed by atoms with E-state index in [0.29, 0.717) is 23.1 Å². The maximum absolute atomic E-state index is 6.10. The number of halogens is 2. The summed E-state index contributed by atoms with van der Waals surface area (Å²) in [4.78, 5) is 4.68. The lowest BCUT2D eigenvalue weighted by atomic mass is 10.2. The molecule has 102 valence electrons. The van der Waals surface area contributed by atoms with Crippen molar-refractivity contribution in [2.24, 2.45) is 5.73 Å². The molecule has 0 radical (unpaired) electrons. The van der Waals surface area contributed by atoms with Crippen LogP contribution in [0.1, 0.15) is 0 Å². The minimum absolute atomic E-state index is 0.524. The van der Waals surface area contributed by atoms with Crippen LogP contribution in [0.5, 0.6) is 0 Å². The van der Waals surface area contributed by atoms with Gasteiger partial charge in [0.25, 0.3) is 0 Å². The molecule has 0 saturated heterocycles. The number of hydrogen-bond donors (Lipinski definition) is 1. The van der Waals surface area contributed by atoms with Crippen LogP contribution in [0.2, 0.25) is 10.0 Å². The standard InChI is InChI=1S/C15H13Cl2N3/c16-11-6-5-10(9-12(11)17)15-19-13-3-1-2-4-14(13)20(15)8-7-18/h1-6,9H,7-8,18H2. The highest BCUT2D eigenvalue weighted by Crippen LogP contribution is 2.30. The molecule has 0 unspecified atom stereocenters. The zero-order chi connectivity index (χ0) is 14.1. The molecule has 0 amide bonds. The van der Waals surface area contributed by atoms with Crippen LogP contribution >= 0.6 is 23.2 Å². The third-order valence-electron chi connectivity index (χ3n) is 3.19. The predicted octanol–water partition coefficient (Wildman–Crippen LogP) is 3.97. The molecule has 3 rings (SSSR count). The second-order valence-corrected chi connectivity index (χ2v) is 5.31. The molecule has 0 bridgehead atoms. The van der Waals surface area contributed by atoms with Crippen LogP contribution in [0.15, 0.2) is 42.5 Å². The minimum Gasteiger partial charge on any atom is -0.329 e. The summed E-state index contributed by atoms with van der Waals surface area (Å²) in [6.07, 6.45) is 0. The summed E-state index contributed by atoms with van der Waals surface area (Å²) in [6, 6.07) is 13.5. The van der Waals surface area contributed by atoms with E-state index in [-0.39, 0.29) is 0 Å². The van der Waals surface area contributed by atoms with Gasteiger partial charge >= 0.3 is 0 Å². The number of imidazole rings is 1. The Balaban J connectivity index is 2.23. The van der Waals surface area contributed by atoms with Gasteiger partial charge in [-0.05, 0) is 30.3 Å². The number of para-hydroxylation sites is 2. The Bertz CT molecular complexity index is 765. The molecular formula is C15H13Cl2N3. The number of aromatic nitrogens is 2. The van der Waals surface area contributed by atoms with Crippen molar-refractivity contribution in [1.82, 2.24) is 9.55 Å². The Morgan fingerprint density at radius 3 is 2.60 bits per heavy atom. The van der Waals surface area contributed by atoms with E-state index in [4.69, 9.17) is 28.9 Å². The minimum atomic E-state index is 0.524. The molecule has 0 aliphatic carbocycles. The van der Waals surface area contributed by atoms with Crippen LogP contribution < -0.4 is 5.73 Å². The van der Waals surface area contributed by atoms with Gasteiger partial charge in [0, 0.05) is 18.7 Å². The van der Waals surface area contributed by atoms with E-state index < -0.39 is 0 Å². The molecule has 3 aromatic rings. The molecule has 0 saturated carbocycles. The summed E-state index contributed by atoms with van der Waals surface area (Å²) in [5, 5.41) is 1.06. The number of hydrogen-bond acceptors (Lipinski definition) is 2. The van der Waals surface area contributed by atoms with Crippen LogP contribution in [0, 0.1) is 0 Å². The summed E-state index contributed by atoms with van der Waals surface area (Å²) in [6.45, 7) is 1.25. The smallest absolute Gasteiger partial charge is 0.141 e. The Morgan fingerprint density at radius 2 is 1.85 bits per heavy atom. The quantitative estimate of drug-likeness (QED) is 0.795. The van der Waals surface area contributed by atoms with Crippen molar-refractivity contribution in [3.8, 4) is 11.4 Å². The predicted molar refractivity (Wildman–Crippen MR) is 84.2 cm³/mol. The molecule has 20 heavy (non-hydrogen) atoms. The Kier molecular flexibility index (Phi) is 3.66. The molecule has 2 N–H and O–H groups in total. The van der Waals surface area contributed by atoms with Crippen LogP contribution in [0.3, 0.4) is 0 Å². The fourth-order valence-electron chi connectivity index (χ4n) is 2.29. The van der Waals surface area contributed by atoms with E-state index in [0.717, 1.165) is 22.4 Å². The lowest BCUT2D eigenvalue weighted by molar-refractivity contribution is 0.735. The Labute approximate surface area is 126 Å². The number of nitrogens with zero attached hydrogens (tertiary/aromatic N) is 2. The lowest BCUT2D eigenvalue weighted by Crippen LogP contribution is -2.10. The molecule has 1 heterocycles. The molecule has 3 nitrogen and oxygen atoms in total. The Morgan fingerprint density at radius 1 is 1.05 bits per heavy atom. The van der Waals surface area contributed by atoms with E-state index in [1.54, 1.807) is 6.07 Å². The van der Waals surface area contributed by atoms with Crippen LogP contribution in [0.25, 0.3) is 22.4 Å². The number of rotatable bonds is 3. The average molecular weight is 306 g/mol. The van der Waals surface area contributed by atoms with E-state index in [9.17, 15) is 0 Å². The normalized spacial score (nSPS) is 11.2. The second-order valence-electron chi connectivity index (χ2n) is 4.49. The molecule has 0 atom stereocenters. The highest BCUT2D eigenvalue weighted by Gasteiger charge is 2.12. The largest absolute Gasteiger partial charge is 0.329 e. The first kappa shape index (κ1) is 13.4. The molecule has 1 aromatic heterocycles. The van der Waals surface area contributed by atoms with Crippen LogP contribution in [-0.4, -0.2) is 16.1 Å². The van der Waals surface area contributed by atoms with Crippen molar-refractivity contribution >= 4 is 34.2 Å². The maximum Gasteiger partial charge on any atom is 0.141 e. The van der Waals surface area contributed by atoms with Gasteiger partial charge in [0.05, 0.1) is 21.1 Å². The molecule has 0 spiro atoms. The molecule has 0 fully saturated rings. The topological polar surface area (TPSA) is 43.8 Å². The number of benzene rings is 2. The summed E-state index contributed by atoms with van der Waals surface area (Å²) >= 11 is 12.1. The Hall–Kier alpha value is -1.55. The fraction of sp³-hybridized carbons (Fsp3) is 0.133. The third kappa shape index (κ3) is 2.29. The van der Waals surface area contributed by atoms with Crippen LogP contribution in [0.4, 0.5) is 0 Å². The van der Waals surface area contributed by atoms with E-state index >= 15 is 0 Å². The molecule has 2 aromatic carbocycles. The molecule has 0 aliphatic rings. The molecule has 0 aliphatic heterocycles. The van der Waals surface area contributed by atoms with Gasteiger partial charge in [-0.15, -0.1) is 0 Å². The number of nitrogens with two attached hydrogens (primary N) is 1. The van der Waals surface area contributed by atoms with Crippen molar-refractivity contribution in [2.45, 2.75) is 6.54 Å². The lowest BCUT2D eigenvalue weighted by Gasteiger charge is -2.08. The maximum atomic E-state index is 6.10. The summed E-state index contributed by atoms with van der Waals surface area (Å²) in [7, 11) is 0. The van der Waals surface area contributed by atoms with Gasteiger partial charge < -0.3 is 10.3 Å². The second kappa shape index (κ2) is 5.44. The van der Waals surface area contributed by atoms with Gasteiger partial charge in [0.1, 0.15) is 5.82 Å². The van der Waals surface area contributed by atoms with Gasteiger partial charge in [-0.1, -0.05) is 35.3 Å². The number of fused-ring (bicyclic) bond motifs is 1. The monoisotopic (exact) mass is 305 g/mol. The van der Waals surface area contributed by atoms with E-state index in [1.165, 1.54) is 0 Å². The highest BCUT2D eigenvalue weighted by molar-refractivity contribution is 6.42. The summed E-state index contributed by atoms with van der Waals surface area (Å²) in [5.41, 5.74) is 8.67. The third-order valence-corrected chi connectivity index (χ3v) is 3.92. The van der Waals surface area contributed by atoms with Gasteiger partial charge in [0.15, 0.2) is 0 Å². The zero-order valence-electron chi connectivity index (χ0n) is 10.7. The first-order valence-electron chi connectivity index (χ1n) is 6.31. The van der Waals surface area contributed by atoms with Gasteiger partial charge in [0.2, 0.25) is 0 Å². The van der Waals surface area contributed by atoms with E-state index in [2.05, 4.69) is 9.55 Å². The van der Waals surface area contributed by atoms with Gasteiger partial charge in [-0.2, -0.15) is 0 Å². The first-order chi connectivity index (χ1) is 9.70. The SMILES string of the molecule is NCCn1c(-c2ccc(Cl)c(Cl)c2)nc2ccccc21. The first-order valence-corrected chi connectivity index (χ1v) is 7.07. The summed E-state index contributed by atoms with van der Waals surface area (Å²) < 4.78 is 2.11. The van der Waals surface area contributed by atoms with Crippen LogP contribution in [-0.2, 0) is 6.54 Å². The van der Waals surface area contributed by atoms with Gasteiger partial charge in [-0.3, -0.25) is 0 Å². The summed E-state index contributed by atoms with van der Waals surface area (Å²) in [5.74, 6) is 0.857. The van der Waals surface area contributed by atoms with Crippen molar-refractivity contribution in [3.63, 3.8) is 0 Å². The fourth-order valence-corrected chi connectivity index (χ4v) is 2.58. The highest BCUT2D eigenvalue weighted by atomic mass is 35.5. The van der Waals surface area contributed by atoms with E-state index in [1.807, 2.05) is 36.4 Å². The van der Waals surface area contributed by atoms with Crippen molar-refractivity contribution in [1.29, 1.82) is 0 Å². The molecule has 5 heteroatoms.